The van der Waals surface area contributed by atoms with E-state index in [1.807, 2.05) is 0 Å². The van der Waals surface area contributed by atoms with E-state index in [-0.39, 0.29) is 17.2 Å². The Morgan fingerprint density at radius 2 is 2.16 bits per heavy atom. The van der Waals surface area contributed by atoms with Gasteiger partial charge < -0.3 is 16.0 Å². The lowest BCUT2D eigenvalue weighted by atomic mass is 9.83. The number of amides is 2. The Morgan fingerprint density at radius 1 is 1.37 bits per heavy atom. The summed E-state index contributed by atoms with van der Waals surface area (Å²) in [6.07, 6.45) is 5.25. The predicted octanol–water partition coefficient (Wildman–Crippen LogP) is 0.551. The Labute approximate surface area is 114 Å². The van der Waals surface area contributed by atoms with E-state index < -0.39 is 0 Å². The smallest absolute Gasteiger partial charge is 0.227 e. The first-order chi connectivity index (χ1) is 9.16. The van der Waals surface area contributed by atoms with Crippen LogP contribution in [0.15, 0.2) is 0 Å². The molecule has 0 aromatic carbocycles. The number of rotatable bonds is 7. The molecule has 1 atom stereocenters. The summed E-state index contributed by atoms with van der Waals surface area (Å²) in [6, 6.07) is 0.426. The van der Waals surface area contributed by atoms with Crippen LogP contribution in [0.2, 0.25) is 0 Å². The largest absolute Gasteiger partial charge is 0.356 e. The Morgan fingerprint density at radius 3 is 2.74 bits per heavy atom. The van der Waals surface area contributed by atoms with E-state index in [1.54, 1.807) is 0 Å². The topological polar surface area (TPSA) is 70.2 Å². The molecule has 3 N–H and O–H groups in total. The summed E-state index contributed by atoms with van der Waals surface area (Å²) >= 11 is 0. The summed E-state index contributed by atoms with van der Waals surface area (Å²) in [5, 5.41) is 9.19. The van der Waals surface area contributed by atoms with Gasteiger partial charge in [-0.25, -0.2) is 0 Å². The fraction of sp³-hybridized carbons (Fsp3) is 0.857. The molecule has 0 spiro atoms. The van der Waals surface area contributed by atoms with Crippen LogP contribution < -0.4 is 16.0 Å². The first-order valence-electron chi connectivity index (χ1n) is 7.45. The lowest BCUT2D eigenvalue weighted by Gasteiger charge is -2.25. The van der Waals surface area contributed by atoms with Crippen LogP contribution in [-0.4, -0.2) is 37.5 Å². The molecule has 2 rings (SSSR count). The van der Waals surface area contributed by atoms with Crippen LogP contribution in [0.3, 0.4) is 0 Å². The van der Waals surface area contributed by atoms with E-state index in [0.717, 1.165) is 45.2 Å². The summed E-state index contributed by atoms with van der Waals surface area (Å²) < 4.78 is 0. The van der Waals surface area contributed by atoms with Crippen LogP contribution in [0.5, 0.6) is 0 Å². The molecular weight excluding hydrogens is 242 g/mol. The molecule has 0 aromatic heterocycles. The Bertz CT molecular complexity index is 334. The van der Waals surface area contributed by atoms with Gasteiger partial charge in [0.1, 0.15) is 0 Å². The maximum atomic E-state index is 12.2. The summed E-state index contributed by atoms with van der Waals surface area (Å²) in [6.45, 7) is 4.36. The van der Waals surface area contributed by atoms with Crippen LogP contribution >= 0.6 is 0 Å². The van der Waals surface area contributed by atoms with E-state index in [0.29, 0.717) is 19.0 Å². The third-order valence-electron chi connectivity index (χ3n) is 4.21. The molecule has 1 heterocycles. The van der Waals surface area contributed by atoms with Crippen LogP contribution in [-0.2, 0) is 9.59 Å². The predicted molar refractivity (Wildman–Crippen MR) is 73.6 cm³/mol. The molecule has 2 aliphatic rings. The second-order valence-corrected chi connectivity index (χ2v) is 5.76. The van der Waals surface area contributed by atoms with Gasteiger partial charge >= 0.3 is 0 Å². The minimum absolute atomic E-state index is 0.115. The van der Waals surface area contributed by atoms with Gasteiger partial charge in [-0.2, -0.15) is 0 Å². The van der Waals surface area contributed by atoms with Gasteiger partial charge in [0, 0.05) is 25.6 Å². The SMILES string of the molecule is CCC1(C(=O)NCCCC(=O)NC2CC2)CCNC1. The minimum atomic E-state index is -0.226. The van der Waals surface area contributed by atoms with Crippen molar-refractivity contribution in [2.24, 2.45) is 5.41 Å². The van der Waals surface area contributed by atoms with Crippen molar-refractivity contribution in [2.45, 2.75) is 51.5 Å². The van der Waals surface area contributed by atoms with E-state index >= 15 is 0 Å². The summed E-state index contributed by atoms with van der Waals surface area (Å²) in [7, 11) is 0. The van der Waals surface area contributed by atoms with Crippen molar-refractivity contribution in [1.82, 2.24) is 16.0 Å². The van der Waals surface area contributed by atoms with Gasteiger partial charge in [-0.3, -0.25) is 9.59 Å². The number of carbonyl (C=O) groups excluding carboxylic acids is 2. The Balaban J connectivity index is 1.61. The molecule has 1 aliphatic carbocycles. The van der Waals surface area contributed by atoms with Gasteiger partial charge in [0.05, 0.1) is 5.41 Å². The second kappa shape index (κ2) is 6.37. The van der Waals surface area contributed by atoms with E-state index in [2.05, 4.69) is 22.9 Å². The average molecular weight is 267 g/mol. The van der Waals surface area contributed by atoms with Crippen molar-refractivity contribution in [1.29, 1.82) is 0 Å². The van der Waals surface area contributed by atoms with Crippen molar-refractivity contribution in [3.05, 3.63) is 0 Å². The molecule has 1 saturated heterocycles. The van der Waals surface area contributed by atoms with Gasteiger partial charge in [-0.1, -0.05) is 6.92 Å². The molecule has 1 aliphatic heterocycles. The normalized spacial score (nSPS) is 26.2. The molecule has 2 fully saturated rings. The van der Waals surface area contributed by atoms with Crippen LogP contribution in [0.25, 0.3) is 0 Å². The second-order valence-electron chi connectivity index (χ2n) is 5.76. The standard InChI is InChI=1S/C14H25N3O2/c1-2-14(7-9-15-10-14)13(19)16-8-3-4-12(18)17-11-5-6-11/h11,15H,2-10H2,1H3,(H,16,19)(H,17,18). The van der Waals surface area contributed by atoms with Gasteiger partial charge in [0.15, 0.2) is 0 Å². The molecule has 5 heteroatoms. The minimum Gasteiger partial charge on any atom is -0.356 e. The molecule has 5 nitrogen and oxygen atoms in total. The molecule has 1 saturated carbocycles. The number of carbonyl (C=O) groups is 2. The molecule has 2 amide bonds. The van der Waals surface area contributed by atoms with Crippen molar-refractivity contribution < 1.29 is 9.59 Å². The third-order valence-corrected chi connectivity index (χ3v) is 4.21. The van der Waals surface area contributed by atoms with E-state index in [9.17, 15) is 9.59 Å². The van der Waals surface area contributed by atoms with E-state index in [4.69, 9.17) is 0 Å². The average Bonchev–Trinajstić information content (AvgIpc) is 3.08. The zero-order chi connectivity index (χ0) is 13.7. The van der Waals surface area contributed by atoms with Crippen LogP contribution in [0, 0.1) is 5.41 Å². The summed E-state index contributed by atoms with van der Waals surface area (Å²) in [5.41, 5.74) is -0.226. The summed E-state index contributed by atoms with van der Waals surface area (Å²) in [5.74, 6) is 0.257. The van der Waals surface area contributed by atoms with E-state index in [1.165, 1.54) is 0 Å². The highest BCUT2D eigenvalue weighted by atomic mass is 16.2. The van der Waals surface area contributed by atoms with Crippen LogP contribution in [0.4, 0.5) is 0 Å². The number of hydrogen-bond acceptors (Lipinski definition) is 3. The molecule has 19 heavy (non-hydrogen) atoms. The van der Waals surface area contributed by atoms with Gasteiger partial charge in [0.2, 0.25) is 11.8 Å². The summed E-state index contributed by atoms with van der Waals surface area (Å²) in [4.78, 5) is 23.7. The fourth-order valence-electron chi connectivity index (χ4n) is 2.57. The fourth-order valence-corrected chi connectivity index (χ4v) is 2.57. The highest BCUT2D eigenvalue weighted by Gasteiger charge is 2.39. The van der Waals surface area contributed by atoms with Gasteiger partial charge in [-0.05, 0) is 38.6 Å². The Hall–Kier alpha value is -1.10. The molecule has 0 bridgehead atoms. The molecule has 0 radical (unpaired) electrons. The number of nitrogens with one attached hydrogen (secondary N) is 3. The molecule has 0 aromatic rings. The first kappa shape index (κ1) is 14.3. The Kier molecular flexibility index (Phi) is 4.80. The highest BCUT2D eigenvalue weighted by Crippen LogP contribution is 2.29. The maximum absolute atomic E-state index is 12.2. The van der Waals surface area contributed by atoms with Gasteiger partial charge in [0.25, 0.3) is 0 Å². The van der Waals surface area contributed by atoms with Crippen molar-refractivity contribution >= 4 is 11.8 Å². The zero-order valence-electron chi connectivity index (χ0n) is 11.8. The molecule has 108 valence electrons. The van der Waals surface area contributed by atoms with Crippen molar-refractivity contribution in [2.75, 3.05) is 19.6 Å². The highest BCUT2D eigenvalue weighted by molar-refractivity contribution is 5.83. The lowest BCUT2D eigenvalue weighted by molar-refractivity contribution is -0.130. The van der Waals surface area contributed by atoms with Gasteiger partial charge in [-0.15, -0.1) is 0 Å². The monoisotopic (exact) mass is 267 g/mol. The van der Waals surface area contributed by atoms with Crippen LogP contribution in [0.1, 0.15) is 45.4 Å². The lowest BCUT2D eigenvalue weighted by Crippen LogP contribution is -2.42. The molecule has 1 unspecified atom stereocenters. The first-order valence-corrected chi connectivity index (χ1v) is 7.45. The number of hydrogen-bond donors (Lipinski definition) is 3. The van der Waals surface area contributed by atoms with Crippen molar-refractivity contribution in [3.63, 3.8) is 0 Å². The quantitative estimate of drug-likeness (QED) is 0.590. The zero-order valence-corrected chi connectivity index (χ0v) is 11.8. The third kappa shape index (κ3) is 3.93. The maximum Gasteiger partial charge on any atom is 0.227 e. The van der Waals surface area contributed by atoms with Crippen molar-refractivity contribution in [3.8, 4) is 0 Å². The molecular formula is C14H25N3O2.